The molecule has 0 spiro atoms. The quantitative estimate of drug-likeness (QED) is 0.690. The van der Waals surface area contributed by atoms with Gasteiger partial charge in [-0.3, -0.25) is 19.3 Å². The maximum absolute atomic E-state index is 13.3. The van der Waals surface area contributed by atoms with E-state index in [1.807, 2.05) is 24.3 Å². The number of ether oxygens (including phenoxy) is 1. The minimum atomic E-state index is -0.570. The molecule has 1 aromatic heterocycles. The smallest absolute Gasteiger partial charge is 0.278 e. The molecule has 2 aliphatic heterocycles. The summed E-state index contributed by atoms with van der Waals surface area (Å²) in [4.78, 5) is 27.3. The van der Waals surface area contributed by atoms with Crippen molar-refractivity contribution in [3.8, 4) is 5.75 Å². The van der Waals surface area contributed by atoms with E-state index in [0.29, 0.717) is 19.8 Å². The Balaban J connectivity index is 1.82. The zero-order chi connectivity index (χ0) is 22.4. The predicted octanol–water partition coefficient (Wildman–Crippen LogP) is 2.71. The highest BCUT2D eigenvalue weighted by molar-refractivity contribution is 5.96. The number of nitrogens with zero attached hydrogens (tertiary/aromatic N) is 3. The van der Waals surface area contributed by atoms with E-state index in [-0.39, 0.29) is 17.6 Å². The Morgan fingerprint density at radius 2 is 1.59 bits per heavy atom. The number of pyridine rings is 1. The molecule has 3 aromatic rings. The fourth-order valence-electron chi connectivity index (χ4n) is 4.77. The van der Waals surface area contributed by atoms with Gasteiger partial charge in [-0.25, -0.2) is 0 Å². The first-order valence-electron chi connectivity index (χ1n) is 10.7. The molecule has 1 saturated heterocycles. The summed E-state index contributed by atoms with van der Waals surface area (Å²) in [6.45, 7) is 5.25. The Hall–Kier alpha value is -3.58. The Kier molecular flexibility index (Phi) is 4.98. The number of aromatic hydroxyl groups is 1. The average molecular weight is 431 g/mol. The van der Waals surface area contributed by atoms with Crippen molar-refractivity contribution >= 4 is 5.91 Å². The molecule has 0 bridgehead atoms. The SMILES string of the molecule is Cc1ccccc1C(c1ccccc1C)N1C2COCCN2C(=O)c2c(O)c(=O)ccn21. The Morgan fingerprint density at radius 3 is 2.22 bits per heavy atom. The number of rotatable bonds is 3. The van der Waals surface area contributed by atoms with E-state index >= 15 is 0 Å². The van der Waals surface area contributed by atoms with Crippen LogP contribution < -0.4 is 10.4 Å². The second-order valence-corrected chi connectivity index (χ2v) is 8.27. The number of amides is 1. The van der Waals surface area contributed by atoms with E-state index in [0.717, 1.165) is 22.3 Å². The van der Waals surface area contributed by atoms with Gasteiger partial charge in [-0.1, -0.05) is 48.5 Å². The number of carbonyl (C=O) groups is 1. The summed E-state index contributed by atoms with van der Waals surface area (Å²) in [6.07, 6.45) is 1.18. The lowest BCUT2D eigenvalue weighted by molar-refractivity contribution is -0.0197. The lowest BCUT2D eigenvalue weighted by atomic mass is 9.91. The lowest BCUT2D eigenvalue weighted by Gasteiger charge is -2.51. The summed E-state index contributed by atoms with van der Waals surface area (Å²) in [7, 11) is 0. The zero-order valence-electron chi connectivity index (χ0n) is 18.1. The lowest BCUT2D eigenvalue weighted by Crippen LogP contribution is -2.66. The minimum absolute atomic E-state index is 0.0113. The van der Waals surface area contributed by atoms with Crippen LogP contribution in [0.15, 0.2) is 65.6 Å². The first kappa shape index (κ1) is 20.3. The van der Waals surface area contributed by atoms with Gasteiger partial charge >= 0.3 is 0 Å². The molecule has 1 unspecified atom stereocenters. The molecule has 0 radical (unpaired) electrons. The maximum atomic E-state index is 13.3. The molecule has 0 aliphatic carbocycles. The van der Waals surface area contributed by atoms with E-state index in [9.17, 15) is 14.7 Å². The van der Waals surface area contributed by atoms with Gasteiger partial charge in [0.15, 0.2) is 11.4 Å². The van der Waals surface area contributed by atoms with Crippen LogP contribution in [0.5, 0.6) is 5.75 Å². The zero-order valence-corrected chi connectivity index (χ0v) is 18.1. The van der Waals surface area contributed by atoms with Crippen molar-refractivity contribution in [3.63, 3.8) is 0 Å². The van der Waals surface area contributed by atoms with Gasteiger partial charge < -0.3 is 14.7 Å². The van der Waals surface area contributed by atoms with Crippen LogP contribution in [0.4, 0.5) is 0 Å². The van der Waals surface area contributed by atoms with E-state index < -0.39 is 17.3 Å². The molecular formula is C25H25N3O4. The van der Waals surface area contributed by atoms with Gasteiger partial charge in [0.05, 0.1) is 19.3 Å². The fourth-order valence-corrected chi connectivity index (χ4v) is 4.77. The van der Waals surface area contributed by atoms with Crippen LogP contribution in [0, 0.1) is 13.8 Å². The number of aromatic nitrogens is 1. The van der Waals surface area contributed by atoms with Gasteiger partial charge in [-0.15, -0.1) is 0 Å². The normalized spacial score (nSPS) is 18.0. The molecule has 3 heterocycles. The third kappa shape index (κ3) is 3.08. The number of hydrogen-bond acceptors (Lipinski definition) is 5. The van der Waals surface area contributed by atoms with Gasteiger partial charge in [0.1, 0.15) is 6.17 Å². The molecule has 2 aliphatic rings. The topological polar surface area (TPSA) is 75.0 Å². The van der Waals surface area contributed by atoms with Crippen LogP contribution >= 0.6 is 0 Å². The fraction of sp³-hybridized carbons (Fsp3) is 0.280. The Morgan fingerprint density at radius 1 is 0.969 bits per heavy atom. The minimum Gasteiger partial charge on any atom is -0.502 e. The summed E-state index contributed by atoms with van der Waals surface area (Å²) >= 11 is 0. The summed E-state index contributed by atoms with van der Waals surface area (Å²) in [5.74, 6) is -0.890. The molecule has 1 fully saturated rings. The molecule has 5 rings (SSSR count). The summed E-state index contributed by atoms with van der Waals surface area (Å²) < 4.78 is 7.43. The van der Waals surface area contributed by atoms with Crippen molar-refractivity contribution in [2.45, 2.75) is 26.1 Å². The summed E-state index contributed by atoms with van der Waals surface area (Å²) in [5.41, 5.74) is 3.78. The molecular weight excluding hydrogens is 406 g/mol. The van der Waals surface area contributed by atoms with Crippen molar-refractivity contribution in [1.82, 2.24) is 9.58 Å². The number of carbonyl (C=O) groups excluding carboxylic acids is 1. The number of hydrogen-bond donors (Lipinski definition) is 1. The molecule has 1 N–H and O–H groups in total. The monoisotopic (exact) mass is 431 g/mol. The predicted molar refractivity (Wildman–Crippen MR) is 120 cm³/mol. The van der Waals surface area contributed by atoms with Crippen molar-refractivity contribution in [2.24, 2.45) is 0 Å². The van der Waals surface area contributed by atoms with Crippen molar-refractivity contribution < 1.29 is 14.6 Å². The first-order chi connectivity index (χ1) is 15.5. The molecule has 7 nitrogen and oxygen atoms in total. The Bertz CT molecular complexity index is 1210. The second kappa shape index (κ2) is 7.84. The van der Waals surface area contributed by atoms with Gasteiger partial charge in [0.2, 0.25) is 5.43 Å². The van der Waals surface area contributed by atoms with E-state index in [4.69, 9.17) is 4.74 Å². The number of morpholine rings is 1. The van der Waals surface area contributed by atoms with Crippen LogP contribution in [0.2, 0.25) is 0 Å². The molecule has 32 heavy (non-hydrogen) atoms. The molecule has 164 valence electrons. The number of benzene rings is 2. The third-order valence-electron chi connectivity index (χ3n) is 6.41. The van der Waals surface area contributed by atoms with Crippen LogP contribution in [0.3, 0.4) is 0 Å². The molecule has 1 amide bonds. The van der Waals surface area contributed by atoms with Crippen molar-refractivity contribution in [3.05, 3.63) is 99.0 Å². The number of aryl methyl sites for hydroxylation is 2. The van der Waals surface area contributed by atoms with Gasteiger partial charge in [-0.05, 0) is 36.1 Å². The summed E-state index contributed by atoms with van der Waals surface area (Å²) in [6, 6.07) is 17.3. The van der Waals surface area contributed by atoms with Gasteiger partial charge in [0, 0.05) is 18.8 Å². The second-order valence-electron chi connectivity index (χ2n) is 8.27. The average Bonchev–Trinajstić information content (AvgIpc) is 2.80. The number of fused-ring (bicyclic) bond motifs is 2. The van der Waals surface area contributed by atoms with Crippen LogP contribution in [-0.2, 0) is 4.74 Å². The van der Waals surface area contributed by atoms with E-state index in [1.165, 1.54) is 6.07 Å². The molecule has 1 atom stereocenters. The van der Waals surface area contributed by atoms with Gasteiger partial charge in [-0.2, -0.15) is 0 Å². The molecule has 2 aromatic carbocycles. The highest BCUT2D eigenvalue weighted by Crippen LogP contribution is 2.37. The van der Waals surface area contributed by atoms with Crippen molar-refractivity contribution in [2.75, 3.05) is 24.8 Å². The molecule has 0 saturated carbocycles. The van der Waals surface area contributed by atoms with Gasteiger partial charge in [0.25, 0.3) is 5.91 Å². The first-order valence-corrected chi connectivity index (χ1v) is 10.7. The van der Waals surface area contributed by atoms with Crippen LogP contribution in [0.25, 0.3) is 0 Å². The third-order valence-corrected chi connectivity index (χ3v) is 6.41. The highest BCUT2D eigenvalue weighted by atomic mass is 16.5. The Labute approximate surface area is 186 Å². The van der Waals surface area contributed by atoms with Crippen LogP contribution in [0.1, 0.15) is 38.8 Å². The standard InChI is InChI=1S/C25H25N3O4/c1-16-7-3-5-9-18(16)22(19-10-6-4-8-17(19)2)28-21-15-32-14-13-26(21)25(31)23-24(30)20(29)11-12-27(23)28/h3-12,21-22,30H,13-15H2,1-2H3. The summed E-state index contributed by atoms with van der Waals surface area (Å²) in [5, 5.41) is 12.7. The highest BCUT2D eigenvalue weighted by Gasteiger charge is 2.45. The maximum Gasteiger partial charge on any atom is 0.278 e. The largest absolute Gasteiger partial charge is 0.502 e. The van der Waals surface area contributed by atoms with Crippen molar-refractivity contribution in [1.29, 1.82) is 0 Å². The van der Waals surface area contributed by atoms with E-state index in [1.54, 1.807) is 15.8 Å². The van der Waals surface area contributed by atoms with E-state index in [2.05, 4.69) is 43.1 Å². The van der Waals surface area contributed by atoms with Crippen LogP contribution in [-0.4, -0.2) is 46.5 Å². The molecule has 7 heteroatoms.